The topological polar surface area (TPSA) is 193 Å². The third kappa shape index (κ3) is 10.8. The highest BCUT2D eigenvalue weighted by molar-refractivity contribution is 5.93. The molecule has 9 rings (SSSR count). The summed E-state index contributed by atoms with van der Waals surface area (Å²) in [5.74, 6) is 0.892. The lowest BCUT2D eigenvalue weighted by Crippen LogP contribution is -2.52. The summed E-state index contributed by atoms with van der Waals surface area (Å²) < 4.78 is 23.3. The number of H-pyrrole nitrogens is 1. The average Bonchev–Trinajstić information content (AvgIpc) is 3.79. The van der Waals surface area contributed by atoms with E-state index in [9.17, 15) is 29.4 Å². The standard InChI is InChI=1S/C49H50N4O10/c54-40(43-19-15-37(62-43)27-50-28-42(56)38-16-18-41(55)47-39(38)17-20-45(57)51-47)10-5-25-60-48(58)34-13-11-31(12-14-34)30-61-36-9-4-8-35(26-36)46(33-6-2-1-3-7-33)52-49(59)63-44-29-53-23-21-32(44)22-24-53/h1-4,6-9,11-20,26,32,42,44,46,50,55-56H,5,10,21-25,27-30H2,(H,51,57)(H,52,59)/t42-,44-,46-/m0/s1. The van der Waals surface area contributed by atoms with Crippen molar-refractivity contribution in [2.75, 3.05) is 32.8 Å². The summed E-state index contributed by atoms with van der Waals surface area (Å²) in [5.41, 5.74) is 3.41. The number of nitrogens with zero attached hydrogens (tertiary/aromatic N) is 1. The molecule has 326 valence electrons. The number of ether oxygens (including phenoxy) is 3. The van der Waals surface area contributed by atoms with Crippen LogP contribution in [0.5, 0.6) is 11.5 Å². The minimum atomic E-state index is -0.943. The summed E-state index contributed by atoms with van der Waals surface area (Å²) in [6.07, 6.45) is 1.06. The number of ketones is 1. The molecule has 0 saturated carbocycles. The number of hydrogen-bond acceptors (Lipinski definition) is 12. The molecule has 3 atom stereocenters. The van der Waals surface area contributed by atoms with E-state index in [0.717, 1.165) is 49.2 Å². The number of aromatic amines is 1. The lowest BCUT2D eigenvalue weighted by molar-refractivity contribution is -0.0336. The number of piperidine rings is 3. The molecule has 14 heteroatoms. The molecule has 0 radical (unpaired) electrons. The number of pyridine rings is 1. The van der Waals surface area contributed by atoms with Crippen LogP contribution in [0.1, 0.15) is 86.8 Å². The highest BCUT2D eigenvalue weighted by Crippen LogP contribution is 2.32. The molecule has 0 aliphatic carbocycles. The number of Topliss-reactive ketones (excluding diaryl/α,β-unsaturated/α-hetero) is 1. The molecule has 6 aromatic rings. The SMILES string of the molecule is O=C(N[C@@H](c1ccccc1)c1cccc(OCc2ccc(C(=O)OCCCC(=O)c3ccc(CNC[C@H](O)c4ccc(O)c5[nH]c(=O)ccc45)o3)cc2)c1)O[C@H]1CN2CCC1CC2. The van der Waals surface area contributed by atoms with E-state index in [4.69, 9.17) is 18.6 Å². The fraction of sp³-hybridized carbons (Fsp3) is 0.306. The van der Waals surface area contributed by atoms with Crippen LogP contribution in [0.3, 0.4) is 0 Å². The first-order chi connectivity index (χ1) is 30.7. The quantitative estimate of drug-likeness (QED) is 0.0340. The van der Waals surface area contributed by atoms with E-state index < -0.39 is 24.2 Å². The van der Waals surface area contributed by atoms with E-state index in [-0.39, 0.29) is 67.2 Å². The Morgan fingerprint density at radius 1 is 0.889 bits per heavy atom. The van der Waals surface area contributed by atoms with Gasteiger partial charge >= 0.3 is 12.1 Å². The summed E-state index contributed by atoms with van der Waals surface area (Å²) in [5, 5.41) is 27.6. The number of hydrogen-bond donors (Lipinski definition) is 5. The third-order valence-corrected chi connectivity index (χ3v) is 11.7. The van der Waals surface area contributed by atoms with Gasteiger partial charge in [-0.25, -0.2) is 9.59 Å². The summed E-state index contributed by atoms with van der Waals surface area (Å²) in [7, 11) is 0. The number of furan rings is 1. The van der Waals surface area contributed by atoms with Gasteiger partial charge in [-0.05, 0) is 109 Å². The minimum Gasteiger partial charge on any atom is -0.506 e. The number of aromatic nitrogens is 1. The maximum atomic E-state index is 13.2. The molecule has 1 amide bonds. The summed E-state index contributed by atoms with van der Waals surface area (Å²) in [4.78, 5) is 55.4. The third-order valence-electron chi connectivity index (χ3n) is 11.7. The number of carbonyl (C=O) groups is 3. The Bertz CT molecular complexity index is 2580. The normalized spacial score (nSPS) is 17.8. The molecule has 0 unspecified atom stereocenters. The number of phenolic OH excluding ortho intramolecular Hbond substituents is 1. The second kappa shape index (κ2) is 20.0. The molecule has 3 aliphatic rings. The van der Waals surface area contributed by atoms with Crippen molar-refractivity contribution in [2.45, 2.75) is 57.1 Å². The van der Waals surface area contributed by atoms with Crippen molar-refractivity contribution in [3.63, 3.8) is 0 Å². The van der Waals surface area contributed by atoms with Crippen LogP contribution in [-0.4, -0.2) is 76.8 Å². The first kappa shape index (κ1) is 42.9. The van der Waals surface area contributed by atoms with Crippen LogP contribution in [0.4, 0.5) is 4.79 Å². The molecule has 4 aromatic carbocycles. The smallest absolute Gasteiger partial charge is 0.408 e. The van der Waals surface area contributed by atoms with Crippen molar-refractivity contribution in [3.8, 4) is 11.5 Å². The van der Waals surface area contributed by atoms with Gasteiger partial charge in [-0.3, -0.25) is 14.5 Å². The number of benzene rings is 4. The molecular weight excluding hydrogens is 805 g/mol. The van der Waals surface area contributed by atoms with Crippen LogP contribution < -0.4 is 20.9 Å². The molecule has 5 heterocycles. The number of phenols is 1. The molecule has 2 aromatic heterocycles. The number of carbonyl (C=O) groups excluding carboxylic acids is 3. The molecule has 3 saturated heterocycles. The van der Waals surface area contributed by atoms with Crippen molar-refractivity contribution in [1.82, 2.24) is 20.5 Å². The van der Waals surface area contributed by atoms with Gasteiger partial charge in [0.25, 0.3) is 0 Å². The molecule has 14 nitrogen and oxygen atoms in total. The monoisotopic (exact) mass is 854 g/mol. The Morgan fingerprint density at radius 2 is 1.68 bits per heavy atom. The van der Waals surface area contributed by atoms with Crippen LogP contribution in [-0.2, 0) is 22.6 Å². The van der Waals surface area contributed by atoms with Crippen molar-refractivity contribution in [3.05, 3.63) is 165 Å². The molecule has 5 N–H and O–H groups in total. The maximum absolute atomic E-state index is 13.2. The predicted molar refractivity (Wildman–Crippen MR) is 234 cm³/mol. The molecule has 0 spiro atoms. The summed E-state index contributed by atoms with van der Waals surface area (Å²) in [6, 6.07) is 33.0. The van der Waals surface area contributed by atoms with Crippen LogP contribution in [0.25, 0.3) is 10.9 Å². The second-order valence-corrected chi connectivity index (χ2v) is 16.0. The number of rotatable bonds is 18. The minimum absolute atomic E-state index is 0.0505. The van der Waals surface area contributed by atoms with Gasteiger partial charge in [0.15, 0.2) is 11.5 Å². The van der Waals surface area contributed by atoms with Gasteiger partial charge in [0.05, 0.1) is 36.4 Å². The van der Waals surface area contributed by atoms with Gasteiger partial charge in [-0.1, -0.05) is 60.7 Å². The zero-order chi connectivity index (χ0) is 43.7. The number of amides is 1. The number of aliphatic hydroxyl groups is 1. The number of aromatic hydroxyl groups is 1. The van der Waals surface area contributed by atoms with Crippen LogP contribution in [0.15, 0.2) is 124 Å². The first-order valence-electron chi connectivity index (χ1n) is 21.3. The highest BCUT2D eigenvalue weighted by atomic mass is 16.6. The van der Waals surface area contributed by atoms with Crippen molar-refractivity contribution >= 4 is 28.7 Å². The first-order valence-corrected chi connectivity index (χ1v) is 21.3. The fourth-order valence-corrected chi connectivity index (χ4v) is 8.24. The fourth-order valence-electron chi connectivity index (χ4n) is 8.24. The average molecular weight is 855 g/mol. The van der Waals surface area contributed by atoms with Gasteiger partial charge in [-0.2, -0.15) is 0 Å². The lowest BCUT2D eigenvalue weighted by atomic mass is 9.86. The molecule has 2 bridgehead atoms. The largest absolute Gasteiger partial charge is 0.506 e. The maximum Gasteiger partial charge on any atom is 0.408 e. The number of esters is 1. The van der Waals surface area contributed by atoms with Gasteiger partial charge in [-0.15, -0.1) is 0 Å². The Hall–Kier alpha value is -6.74. The van der Waals surface area contributed by atoms with E-state index >= 15 is 0 Å². The van der Waals surface area contributed by atoms with Gasteiger partial charge in [0, 0.05) is 31.0 Å². The van der Waals surface area contributed by atoms with E-state index in [1.165, 1.54) is 12.1 Å². The molecule has 63 heavy (non-hydrogen) atoms. The van der Waals surface area contributed by atoms with Crippen LogP contribution in [0.2, 0.25) is 0 Å². The summed E-state index contributed by atoms with van der Waals surface area (Å²) >= 11 is 0. The van der Waals surface area contributed by atoms with E-state index in [2.05, 4.69) is 20.5 Å². The Balaban J connectivity index is 0.762. The van der Waals surface area contributed by atoms with Gasteiger partial charge < -0.3 is 44.5 Å². The zero-order valence-corrected chi connectivity index (χ0v) is 34.7. The van der Waals surface area contributed by atoms with Gasteiger partial charge in [0.2, 0.25) is 5.56 Å². The van der Waals surface area contributed by atoms with Gasteiger partial charge in [0.1, 0.15) is 30.0 Å². The van der Waals surface area contributed by atoms with E-state index in [1.54, 1.807) is 48.5 Å². The van der Waals surface area contributed by atoms with Crippen molar-refractivity contribution < 1.29 is 43.2 Å². The number of fused-ring (bicyclic) bond motifs is 4. The zero-order valence-electron chi connectivity index (χ0n) is 34.7. The molecule has 3 fully saturated rings. The Kier molecular flexibility index (Phi) is 13.6. The molecular formula is C49H50N4O10. The second-order valence-electron chi connectivity index (χ2n) is 16.0. The van der Waals surface area contributed by atoms with E-state index in [0.29, 0.717) is 40.4 Å². The van der Waals surface area contributed by atoms with Crippen LogP contribution in [0, 0.1) is 5.92 Å². The lowest BCUT2D eigenvalue weighted by Gasteiger charge is -2.43. The Morgan fingerprint density at radius 3 is 2.46 bits per heavy atom. The number of alkyl carbamates (subject to hydrolysis) is 1. The van der Waals surface area contributed by atoms with Crippen molar-refractivity contribution in [1.29, 1.82) is 0 Å². The number of aliphatic hydroxyl groups excluding tert-OH is 1. The highest BCUT2D eigenvalue weighted by Gasteiger charge is 2.37. The Labute approximate surface area is 363 Å². The van der Waals surface area contributed by atoms with Crippen LogP contribution >= 0.6 is 0 Å². The van der Waals surface area contributed by atoms with E-state index in [1.807, 2.05) is 54.6 Å². The predicted octanol–water partition coefficient (Wildman–Crippen LogP) is 6.96. The number of nitrogens with one attached hydrogen (secondary N) is 3. The molecule has 3 aliphatic heterocycles. The van der Waals surface area contributed by atoms with Crippen molar-refractivity contribution in [2.24, 2.45) is 5.92 Å². The summed E-state index contributed by atoms with van der Waals surface area (Å²) in [6.45, 7) is 3.61.